The van der Waals surface area contributed by atoms with Crippen LogP contribution in [0.3, 0.4) is 0 Å². The van der Waals surface area contributed by atoms with E-state index in [0.717, 1.165) is 6.42 Å². The zero-order valence-electron chi connectivity index (χ0n) is 14.5. The molecule has 7 nitrogen and oxygen atoms in total. The summed E-state index contributed by atoms with van der Waals surface area (Å²) in [5.41, 5.74) is 0.283. The van der Waals surface area contributed by atoms with E-state index in [9.17, 15) is 9.59 Å². The lowest BCUT2D eigenvalue weighted by molar-refractivity contribution is -0.140. The highest BCUT2D eigenvalue weighted by Gasteiger charge is 2.21. The summed E-state index contributed by atoms with van der Waals surface area (Å²) < 4.78 is 15.7. The third-order valence-corrected chi connectivity index (χ3v) is 3.32. The number of carboxylic acids is 1. The molecule has 0 aliphatic heterocycles. The summed E-state index contributed by atoms with van der Waals surface area (Å²) in [5, 5.41) is 11.5. The lowest BCUT2D eigenvalue weighted by Gasteiger charge is -2.15. The molecule has 134 valence electrons. The zero-order chi connectivity index (χ0) is 18.1. The number of rotatable bonds is 10. The van der Waals surface area contributed by atoms with Crippen LogP contribution in [0.2, 0.25) is 0 Å². The number of carbonyl (C=O) groups is 2. The molecule has 1 unspecified atom stereocenters. The van der Waals surface area contributed by atoms with E-state index in [0.29, 0.717) is 24.0 Å². The van der Waals surface area contributed by atoms with Gasteiger partial charge in [0.2, 0.25) is 0 Å². The molecule has 7 heteroatoms. The number of methoxy groups -OCH3 is 2. The van der Waals surface area contributed by atoms with Crippen molar-refractivity contribution in [2.24, 2.45) is 5.92 Å². The Labute approximate surface area is 141 Å². The van der Waals surface area contributed by atoms with E-state index in [2.05, 4.69) is 19.2 Å². The van der Waals surface area contributed by atoms with Crippen LogP contribution in [0.5, 0.6) is 11.5 Å². The van der Waals surface area contributed by atoms with Gasteiger partial charge in [0.25, 0.3) is 5.91 Å². The third kappa shape index (κ3) is 6.08. The van der Waals surface area contributed by atoms with E-state index < -0.39 is 17.9 Å². The van der Waals surface area contributed by atoms with Crippen molar-refractivity contribution in [2.45, 2.75) is 26.3 Å². The maximum absolute atomic E-state index is 12.2. The summed E-state index contributed by atoms with van der Waals surface area (Å²) in [7, 11) is 2.85. The number of carboxylic acid groups (broad SMARTS) is 1. The summed E-state index contributed by atoms with van der Waals surface area (Å²) in [6.45, 7) is 4.64. The average Bonchev–Trinajstić information content (AvgIpc) is 2.54. The predicted molar refractivity (Wildman–Crippen MR) is 88.7 cm³/mol. The van der Waals surface area contributed by atoms with Gasteiger partial charge in [-0.25, -0.2) is 4.79 Å². The molecule has 0 spiro atoms. The molecular formula is C17H25NO6. The van der Waals surface area contributed by atoms with Crippen molar-refractivity contribution < 1.29 is 28.9 Å². The van der Waals surface area contributed by atoms with Gasteiger partial charge in [-0.3, -0.25) is 4.79 Å². The quantitative estimate of drug-likeness (QED) is 0.677. The predicted octanol–water partition coefficient (Wildman–Crippen LogP) is 1.95. The highest BCUT2D eigenvalue weighted by molar-refractivity contribution is 5.97. The molecule has 0 bridgehead atoms. The fourth-order valence-corrected chi connectivity index (χ4v) is 1.92. The second-order valence-electron chi connectivity index (χ2n) is 5.72. The van der Waals surface area contributed by atoms with Crippen molar-refractivity contribution in [3.8, 4) is 11.5 Å². The normalized spacial score (nSPS) is 11.9. The summed E-state index contributed by atoms with van der Waals surface area (Å²) in [4.78, 5) is 23.3. The first kappa shape index (κ1) is 19.8. The Morgan fingerprint density at radius 1 is 1.21 bits per heavy atom. The molecule has 0 radical (unpaired) electrons. The van der Waals surface area contributed by atoms with Crippen LogP contribution in [0.1, 0.15) is 30.6 Å². The van der Waals surface area contributed by atoms with Crippen molar-refractivity contribution in [3.63, 3.8) is 0 Å². The third-order valence-electron chi connectivity index (χ3n) is 3.32. The van der Waals surface area contributed by atoms with Crippen LogP contribution >= 0.6 is 0 Å². The van der Waals surface area contributed by atoms with Crippen molar-refractivity contribution in [1.29, 1.82) is 0 Å². The summed E-state index contributed by atoms with van der Waals surface area (Å²) in [5.74, 6) is -0.196. The molecule has 1 aromatic rings. The van der Waals surface area contributed by atoms with E-state index >= 15 is 0 Å². The van der Waals surface area contributed by atoms with Crippen LogP contribution in [-0.4, -0.2) is 50.5 Å². The minimum absolute atomic E-state index is 0.116. The first-order chi connectivity index (χ1) is 11.4. The number of hydrogen-bond acceptors (Lipinski definition) is 5. The molecule has 1 aromatic carbocycles. The standard InChI is InChI=1S/C17H25NO6/c1-11(2)7-8-24-14-6-5-12(9-15(14)23-4)16(19)18-13(10-22-3)17(20)21/h5-6,9,11,13H,7-8,10H2,1-4H3,(H,18,19)(H,20,21). The lowest BCUT2D eigenvalue weighted by atomic mass is 10.1. The average molecular weight is 339 g/mol. The molecule has 2 N–H and O–H groups in total. The van der Waals surface area contributed by atoms with E-state index in [1.54, 1.807) is 12.1 Å². The first-order valence-electron chi connectivity index (χ1n) is 7.72. The highest BCUT2D eigenvalue weighted by Crippen LogP contribution is 2.28. The van der Waals surface area contributed by atoms with Gasteiger partial charge in [0.1, 0.15) is 0 Å². The van der Waals surface area contributed by atoms with Crippen molar-refractivity contribution >= 4 is 11.9 Å². The molecule has 1 atom stereocenters. The molecule has 1 rings (SSSR count). The number of hydrogen-bond donors (Lipinski definition) is 2. The van der Waals surface area contributed by atoms with E-state index in [-0.39, 0.29) is 12.2 Å². The Morgan fingerprint density at radius 2 is 1.92 bits per heavy atom. The molecular weight excluding hydrogens is 314 g/mol. The van der Waals surface area contributed by atoms with Gasteiger partial charge in [-0.1, -0.05) is 13.8 Å². The minimum Gasteiger partial charge on any atom is -0.493 e. The second kappa shape index (κ2) is 9.77. The van der Waals surface area contributed by atoms with Gasteiger partial charge in [0.05, 0.1) is 20.3 Å². The fraction of sp³-hybridized carbons (Fsp3) is 0.529. The Kier molecular flexibility index (Phi) is 8.05. The SMILES string of the molecule is COCC(NC(=O)c1ccc(OCCC(C)C)c(OC)c1)C(=O)O. The summed E-state index contributed by atoms with van der Waals surface area (Å²) in [6.07, 6.45) is 0.905. The molecule has 0 aliphatic carbocycles. The topological polar surface area (TPSA) is 94.1 Å². The number of aliphatic carboxylic acids is 1. The lowest BCUT2D eigenvalue weighted by Crippen LogP contribution is -2.43. The highest BCUT2D eigenvalue weighted by atomic mass is 16.5. The number of amides is 1. The maximum Gasteiger partial charge on any atom is 0.328 e. The fourth-order valence-electron chi connectivity index (χ4n) is 1.92. The van der Waals surface area contributed by atoms with E-state index in [1.807, 2.05) is 0 Å². The Bertz CT molecular complexity index is 558. The zero-order valence-corrected chi connectivity index (χ0v) is 14.5. The monoisotopic (exact) mass is 339 g/mol. The van der Waals surface area contributed by atoms with E-state index in [4.69, 9.17) is 19.3 Å². The molecule has 0 aliphatic rings. The van der Waals surface area contributed by atoms with Crippen LogP contribution in [0, 0.1) is 5.92 Å². The molecule has 0 heterocycles. The molecule has 0 fully saturated rings. The minimum atomic E-state index is -1.16. The van der Waals surface area contributed by atoms with Crippen molar-refractivity contribution in [3.05, 3.63) is 23.8 Å². The number of carbonyl (C=O) groups excluding carboxylic acids is 1. The molecule has 0 saturated carbocycles. The largest absolute Gasteiger partial charge is 0.493 e. The van der Waals surface area contributed by atoms with Crippen molar-refractivity contribution in [1.82, 2.24) is 5.32 Å². The Hall–Kier alpha value is -2.28. The van der Waals surface area contributed by atoms with Gasteiger partial charge in [-0.15, -0.1) is 0 Å². The molecule has 24 heavy (non-hydrogen) atoms. The number of nitrogens with one attached hydrogen (secondary N) is 1. The van der Waals surface area contributed by atoms with Crippen LogP contribution in [0.15, 0.2) is 18.2 Å². The van der Waals surface area contributed by atoms with Crippen LogP contribution in [-0.2, 0) is 9.53 Å². The van der Waals surface area contributed by atoms with Crippen LogP contribution < -0.4 is 14.8 Å². The molecule has 0 aromatic heterocycles. The summed E-state index contributed by atoms with van der Waals surface area (Å²) in [6, 6.07) is 3.61. The van der Waals surface area contributed by atoms with Crippen LogP contribution in [0.25, 0.3) is 0 Å². The maximum atomic E-state index is 12.2. The smallest absolute Gasteiger partial charge is 0.328 e. The van der Waals surface area contributed by atoms with Gasteiger partial charge in [0.15, 0.2) is 17.5 Å². The van der Waals surface area contributed by atoms with Gasteiger partial charge >= 0.3 is 5.97 Å². The van der Waals surface area contributed by atoms with Gasteiger partial charge in [-0.05, 0) is 30.5 Å². The van der Waals surface area contributed by atoms with Crippen molar-refractivity contribution in [2.75, 3.05) is 27.4 Å². The van der Waals surface area contributed by atoms with Gasteiger partial charge in [-0.2, -0.15) is 0 Å². The van der Waals surface area contributed by atoms with Gasteiger partial charge < -0.3 is 24.6 Å². The Morgan fingerprint density at radius 3 is 2.46 bits per heavy atom. The molecule has 0 saturated heterocycles. The first-order valence-corrected chi connectivity index (χ1v) is 7.72. The number of ether oxygens (including phenoxy) is 3. The number of benzene rings is 1. The second-order valence-corrected chi connectivity index (χ2v) is 5.72. The molecule has 1 amide bonds. The summed E-state index contributed by atoms with van der Waals surface area (Å²) >= 11 is 0. The van der Waals surface area contributed by atoms with E-state index in [1.165, 1.54) is 20.3 Å². The van der Waals surface area contributed by atoms with Crippen LogP contribution in [0.4, 0.5) is 0 Å². The van der Waals surface area contributed by atoms with Gasteiger partial charge in [0, 0.05) is 12.7 Å². The Balaban J connectivity index is 2.81.